The summed E-state index contributed by atoms with van der Waals surface area (Å²) in [7, 11) is -2.04. The van der Waals surface area contributed by atoms with Crippen LogP contribution in [0.4, 0.5) is 21.9 Å². The molecule has 2 aliphatic rings. The fourth-order valence-corrected chi connectivity index (χ4v) is 8.10. The number of amides is 3. The second kappa shape index (κ2) is 17.2. The van der Waals surface area contributed by atoms with Gasteiger partial charge in [0.15, 0.2) is 0 Å². The van der Waals surface area contributed by atoms with E-state index in [-0.39, 0.29) is 47.4 Å². The largest absolute Gasteiger partial charge is 0.444 e. The lowest BCUT2D eigenvalue weighted by Gasteiger charge is -2.29. The van der Waals surface area contributed by atoms with Crippen molar-refractivity contribution in [3.63, 3.8) is 0 Å². The van der Waals surface area contributed by atoms with Crippen LogP contribution in [0.3, 0.4) is 0 Å². The highest BCUT2D eigenvalue weighted by molar-refractivity contribution is 7.89. The van der Waals surface area contributed by atoms with Crippen molar-refractivity contribution in [2.24, 2.45) is 11.8 Å². The first kappa shape index (κ1) is 40.5. The van der Waals surface area contributed by atoms with Crippen molar-refractivity contribution in [2.45, 2.75) is 103 Å². The van der Waals surface area contributed by atoms with Crippen molar-refractivity contribution < 1.29 is 32.3 Å². The molecular weight excluding hydrogens is 709 g/mol. The molecule has 1 unspecified atom stereocenters. The van der Waals surface area contributed by atoms with E-state index in [9.17, 15) is 22.8 Å². The van der Waals surface area contributed by atoms with Crippen LogP contribution in [0.2, 0.25) is 0 Å². The number of carbonyl (C=O) groups is 3. The fraction of sp³-hybridized carbons (Fsp3) is 0.475. The molecule has 0 saturated heterocycles. The van der Waals surface area contributed by atoms with E-state index >= 15 is 0 Å². The van der Waals surface area contributed by atoms with Crippen molar-refractivity contribution >= 4 is 45.0 Å². The molecule has 0 aromatic heterocycles. The number of anilines is 3. The molecule has 292 valence electrons. The highest BCUT2D eigenvalue weighted by Gasteiger charge is 2.31. The Kier molecular flexibility index (Phi) is 12.9. The van der Waals surface area contributed by atoms with E-state index in [1.165, 1.54) is 0 Å². The summed E-state index contributed by atoms with van der Waals surface area (Å²) in [6.45, 7) is 11.4. The van der Waals surface area contributed by atoms with E-state index in [1.807, 2.05) is 64.1 Å². The number of benzene rings is 3. The predicted molar refractivity (Wildman–Crippen MR) is 211 cm³/mol. The van der Waals surface area contributed by atoms with Crippen LogP contribution in [0, 0.1) is 18.8 Å². The minimum absolute atomic E-state index is 0.175. The number of hydrogen-bond acceptors (Lipinski definition) is 9. The number of aryl methyl sites for hydroxylation is 1. The third-order valence-corrected chi connectivity index (χ3v) is 11.1. The molecule has 1 fully saturated rings. The summed E-state index contributed by atoms with van der Waals surface area (Å²) in [6, 6.07) is 17.2. The van der Waals surface area contributed by atoms with E-state index in [4.69, 9.17) is 9.47 Å². The Morgan fingerprint density at radius 3 is 2.22 bits per heavy atom. The van der Waals surface area contributed by atoms with Crippen molar-refractivity contribution in [3.8, 4) is 11.1 Å². The molecule has 1 heterocycles. The number of hydrogen-bond donors (Lipinski definition) is 6. The Bertz CT molecular complexity index is 1920. The lowest BCUT2D eigenvalue weighted by atomic mass is 9.81. The van der Waals surface area contributed by atoms with Crippen LogP contribution in [0.5, 0.6) is 0 Å². The number of methoxy groups -OCH3 is 1. The van der Waals surface area contributed by atoms with Gasteiger partial charge in [-0.1, -0.05) is 30.3 Å². The zero-order valence-electron chi connectivity index (χ0n) is 32.2. The minimum Gasteiger partial charge on any atom is -0.444 e. The Balaban J connectivity index is 1.27. The van der Waals surface area contributed by atoms with Gasteiger partial charge in [0, 0.05) is 37.7 Å². The van der Waals surface area contributed by atoms with E-state index in [0.717, 1.165) is 46.5 Å². The van der Waals surface area contributed by atoms with Crippen LogP contribution in [-0.4, -0.2) is 64.0 Å². The average Bonchev–Trinajstić information content (AvgIpc) is 3.52. The van der Waals surface area contributed by atoms with Crippen LogP contribution in [0.25, 0.3) is 11.1 Å². The SMILES string of the molecule is COC1Nc2ccc(NC(=O)[C@H](Cc3ccc(-c4ccc(S(=O)(=O)NC(C)C)cc4C)cc3)NC(=O)C3CCC(CNC(=O)OC(C)(C)C)CC3)cc2N1. The van der Waals surface area contributed by atoms with Crippen molar-refractivity contribution in [2.75, 3.05) is 29.6 Å². The lowest BCUT2D eigenvalue weighted by molar-refractivity contribution is -0.130. The highest BCUT2D eigenvalue weighted by Crippen LogP contribution is 2.33. The number of rotatable bonds is 13. The smallest absolute Gasteiger partial charge is 0.407 e. The highest BCUT2D eigenvalue weighted by atomic mass is 32.2. The molecule has 3 amide bonds. The second-order valence-electron chi connectivity index (χ2n) is 15.5. The number of carbonyl (C=O) groups excluding carboxylic acids is 3. The molecule has 14 heteroatoms. The summed E-state index contributed by atoms with van der Waals surface area (Å²) in [5.74, 6) is -0.543. The van der Waals surface area contributed by atoms with Crippen molar-refractivity contribution in [1.29, 1.82) is 0 Å². The van der Waals surface area contributed by atoms with Gasteiger partial charge in [-0.15, -0.1) is 0 Å². The molecular formula is C40H54N6O7S. The van der Waals surface area contributed by atoms with Gasteiger partial charge in [-0.3, -0.25) is 9.59 Å². The summed E-state index contributed by atoms with van der Waals surface area (Å²) in [5, 5.41) is 15.3. The van der Waals surface area contributed by atoms with Gasteiger partial charge < -0.3 is 36.1 Å². The third kappa shape index (κ3) is 11.0. The maximum Gasteiger partial charge on any atom is 0.407 e. The van der Waals surface area contributed by atoms with Crippen LogP contribution in [-0.2, 0) is 35.5 Å². The first-order valence-electron chi connectivity index (χ1n) is 18.5. The van der Waals surface area contributed by atoms with E-state index < -0.39 is 27.8 Å². The summed E-state index contributed by atoms with van der Waals surface area (Å²) >= 11 is 0. The number of alkyl carbamates (subject to hydrolysis) is 1. The van der Waals surface area contributed by atoms with Gasteiger partial charge in [-0.25, -0.2) is 17.9 Å². The van der Waals surface area contributed by atoms with Gasteiger partial charge in [0.25, 0.3) is 0 Å². The van der Waals surface area contributed by atoms with Gasteiger partial charge >= 0.3 is 6.09 Å². The third-order valence-electron chi connectivity index (χ3n) is 9.48. The molecule has 5 rings (SSSR count). The molecule has 13 nitrogen and oxygen atoms in total. The van der Waals surface area contributed by atoms with Gasteiger partial charge in [-0.2, -0.15) is 0 Å². The monoisotopic (exact) mass is 762 g/mol. The van der Waals surface area contributed by atoms with Crippen LogP contribution < -0.4 is 31.3 Å². The quantitative estimate of drug-likeness (QED) is 0.120. The Morgan fingerprint density at radius 1 is 0.907 bits per heavy atom. The zero-order chi connectivity index (χ0) is 39.2. The first-order chi connectivity index (χ1) is 25.5. The lowest BCUT2D eigenvalue weighted by Crippen LogP contribution is -2.48. The fourth-order valence-electron chi connectivity index (χ4n) is 6.76. The second-order valence-corrected chi connectivity index (χ2v) is 17.2. The zero-order valence-corrected chi connectivity index (χ0v) is 33.0. The summed E-state index contributed by atoms with van der Waals surface area (Å²) in [6.07, 6.45) is 2.26. The first-order valence-corrected chi connectivity index (χ1v) is 20.0. The van der Waals surface area contributed by atoms with Crippen molar-refractivity contribution in [3.05, 3.63) is 71.8 Å². The summed E-state index contributed by atoms with van der Waals surface area (Å²) < 4.78 is 38.7. The van der Waals surface area contributed by atoms with Crippen LogP contribution in [0.15, 0.2) is 65.6 Å². The topological polar surface area (TPSA) is 176 Å². The average molecular weight is 763 g/mol. The van der Waals surface area contributed by atoms with E-state index in [1.54, 1.807) is 45.2 Å². The Hall–Kier alpha value is -4.66. The standard InChI is InChI=1S/C40H54N6O7S/c1-24(2)46-54(50,51)31-17-18-32(25(3)20-31)28-12-8-26(9-13-28)21-35(37(48)42-30-16-19-33-34(22-30)45-38(44-33)52-7)43-36(47)29-14-10-27(11-15-29)23-41-39(49)53-40(4,5)6/h8-9,12-13,16-20,22,24,27,29,35,38,44-46H,10-11,14-15,21,23H2,1-7H3,(H,41,49)(H,42,48)(H,43,47)/t27?,29?,35-,38?/m0/s1. The molecule has 1 saturated carbocycles. The van der Waals surface area contributed by atoms with E-state index in [0.29, 0.717) is 25.1 Å². The maximum absolute atomic E-state index is 13.9. The van der Waals surface area contributed by atoms with Crippen LogP contribution in [0.1, 0.15) is 71.4 Å². The molecule has 0 spiro atoms. The van der Waals surface area contributed by atoms with Gasteiger partial charge in [-0.05, 0) is 126 Å². The molecule has 2 atom stereocenters. The Morgan fingerprint density at radius 2 is 1.59 bits per heavy atom. The maximum atomic E-state index is 13.9. The number of sulfonamides is 1. The molecule has 0 bridgehead atoms. The van der Waals surface area contributed by atoms with E-state index in [2.05, 4.69) is 31.3 Å². The van der Waals surface area contributed by atoms with Gasteiger partial charge in [0.1, 0.15) is 11.6 Å². The Labute approximate surface area is 318 Å². The molecule has 1 aliphatic carbocycles. The van der Waals surface area contributed by atoms with Gasteiger partial charge in [0.2, 0.25) is 28.2 Å². The molecule has 0 radical (unpaired) electrons. The molecule has 6 N–H and O–H groups in total. The van der Waals surface area contributed by atoms with Crippen LogP contribution >= 0.6 is 0 Å². The minimum atomic E-state index is -3.63. The van der Waals surface area contributed by atoms with Crippen molar-refractivity contribution in [1.82, 2.24) is 15.4 Å². The number of fused-ring (bicyclic) bond motifs is 1. The number of ether oxygens (including phenoxy) is 2. The summed E-state index contributed by atoms with van der Waals surface area (Å²) in [5.41, 5.74) is 5.07. The molecule has 1 aliphatic heterocycles. The summed E-state index contributed by atoms with van der Waals surface area (Å²) in [4.78, 5) is 39.9. The molecule has 54 heavy (non-hydrogen) atoms. The molecule has 3 aromatic carbocycles. The number of nitrogens with one attached hydrogen (secondary N) is 6. The predicted octanol–water partition coefficient (Wildman–Crippen LogP) is 6.11. The van der Waals surface area contributed by atoms with Gasteiger partial charge in [0.05, 0.1) is 16.3 Å². The normalized spacial score (nSPS) is 18.9. The molecule has 3 aromatic rings.